The summed E-state index contributed by atoms with van der Waals surface area (Å²) in [5.41, 5.74) is 6.99. The molecule has 1 saturated heterocycles. The van der Waals surface area contributed by atoms with Crippen molar-refractivity contribution < 1.29 is 18.0 Å². The van der Waals surface area contributed by atoms with Gasteiger partial charge in [0.25, 0.3) is 0 Å². The Morgan fingerprint density at radius 1 is 1.26 bits per heavy atom. The molecule has 23 heavy (non-hydrogen) atoms. The predicted molar refractivity (Wildman–Crippen MR) is 87.1 cm³/mol. The standard InChI is InChI=1S/C15H21N3O4S/c1-10-5-6-13(9-23(10,21)22)18-15(20)14(19)17-8-11-3-2-4-12(16)7-11/h2-4,7,10,13H,5-6,8-9,16H2,1H3,(H,17,19)(H,18,20). The second kappa shape index (κ2) is 6.99. The van der Waals surface area contributed by atoms with Gasteiger partial charge in [0, 0.05) is 18.3 Å². The summed E-state index contributed by atoms with van der Waals surface area (Å²) in [5.74, 6) is -1.73. The van der Waals surface area contributed by atoms with Crippen LogP contribution in [0.25, 0.3) is 0 Å². The molecule has 1 aliphatic rings. The first-order valence-electron chi connectivity index (χ1n) is 7.42. The molecule has 1 heterocycles. The fraction of sp³-hybridized carbons (Fsp3) is 0.467. The quantitative estimate of drug-likeness (QED) is 0.528. The number of carbonyl (C=O) groups is 2. The first-order chi connectivity index (χ1) is 10.8. The van der Waals surface area contributed by atoms with Crippen LogP contribution in [-0.2, 0) is 26.0 Å². The Morgan fingerprint density at radius 2 is 2.00 bits per heavy atom. The fourth-order valence-corrected chi connectivity index (χ4v) is 4.11. The number of rotatable bonds is 3. The lowest BCUT2D eigenvalue weighted by Crippen LogP contribution is -2.49. The number of hydrogen-bond donors (Lipinski definition) is 3. The first-order valence-corrected chi connectivity index (χ1v) is 9.14. The molecule has 0 radical (unpaired) electrons. The van der Waals surface area contributed by atoms with Crippen molar-refractivity contribution in [3.63, 3.8) is 0 Å². The molecule has 7 nitrogen and oxygen atoms in total. The van der Waals surface area contributed by atoms with E-state index in [9.17, 15) is 18.0 Å². The minimum atomic E-state index is -3.20. The molecule has 1 aromatic rings. The highest BCUT2D eigenvalue weighted by molar-refractivity contribution is 7.92. The van der Waals surface area contributed by atoms with Gasteiger partial charge in [-0.1, -0.05) is 12.1 Å². The van der Waals surface area contributed by atoms with Crippen molar-refractivity contribution in [2.24, 2.45) is 0 Å². The predicted octanol–water partition coefficient (Wildman–Crippen LogP) is -0.0331. The largest absolute Gasteiger partial charge is 0.399 e. The summed E-state index contributed by atoms with van der Waals surface area (Å²) in [6.45, 7) is 1.84. The van der Waals surface area contributed by atoms with Crippen molar-refractivity contribution in [1.82, 2.24) is 10.6 Å². The summed E-state index contributed by atoms with van der Waals surface area (Å²) in [4.78, 5) is 23.6. The number of benzene rings is 1. The van der Waals surface area contributed by atoms with Crippen LogP contribution >= 0.6 is 0 Å². The van der Waals surface area contributed by atoms with Crippen molar-refractivity contribution in [2.75, 3.05) is 11.5 Å². The van der Waals surface area contributed by atoms with Crippen LogP contribution in [0.5, 0.6) is 0 Å². The van der Waals surface area contributed by atoms with Gasteiger partial charge in [-0.3, -0.25) is 9.59 Å². The monoisotopic (exact) mass is 339 g/mol. The zero-order valence-corrected chi connectivity index (χ0v) is 13.7. The molecule has 2 atom stereocenters. The third-order valence-corrected chi connectivity index (χ3v) is 6.24. The molecule has 2 rings (SSSR count). The topological polar surface area (TPSA) is 118 Å². The zero-order valence-electron chi connectivity index (χ0n) is 12.9. The Labute approximate surface area is 135 Å². The fourth-order valence-electron chi connectivity index (χ4n) is 2.47. The van der Waals surface area contributed by atoms with E-state index in [-0.39, 0.29) is 12.3 Å². The Kier molecular flexibility index (Phi) is 5.25. The molecule has 4 N–H and O–H groups in total. The summed E-state index contributed by atoms with van der Waals surface area (Å²) in [7, 11) is -3.20. The second-order valence-corrected chi connectivity index (χ2v) is 8.28. The van der Waals surface area contributed by atoms with E-state index in [1.807, 2.05) is 0 Å². The number of hydrogen-bond acceptors (Lipinski definition) is 5. The average Bonchev–Trinajstić information content (AvgIpc) is 2.48. The number of sulfone groups is 1. The summed E-state index contributed by atoms with van der Waals surface area (Å²) in [5, 5.41) is 4.58. The number of nitrogens with one attached hydrogen (secondary N) is 2. The number of anilines is 1. The van der Waals surface area contributed by atoms with E-state index in [2.05, 4.69) is 10.6 Å². The van der Waals surface area contributed by atoms with Crippen molar-refractivity contribution in [1.29, 1.82) is 0 Å². The lowest BCUT2D eigenvalue weighted by molar-refractivity contribution is -0.139. The maximum Gasteiger partial charge on any atom is 0.309 e. The number of nitrogens with two attached hydrogens (primary N) is 1. The molecule has 1 aliphatic heterocycles. The maximum absolute atomic E-state index is 11.8. The highest BCUT2D eigenvalue weighted by Gasteiger charge is 2.32. The van der Waals surface area contributed by atoms with Gasteiger partial charge < -0.3 is 16.4 Å². The molecule has 1 fully saturated rings. The van der Waals surface area contributed by atoms with Gasteiger partial charge in [-0.05, 0) is 37.5 Å². The number of nitrogen functional groups attached to an aromatic ring is 1. The smallest absolute Gasteiger partial charge is 0.309 e. The molecular formula is C15H21N3O4S. The van der Waals surface area contributed by atoms with E-state index < -0.39 is 32.9 Å². The maximum atomic E-state index is 11.8. The van der Waals surface area contributed by atoms with Crippen LogP contribution in [0, 0.1) is 0 Å². The number of amides is 2. The van der Waals surface area contributed by atoms with Crippen molar-refractivity contribution in [2.45, 2.75) is 37.6 Å². The van der Waals surface area contributed by atoms with Gasteiger partial charge >= 0.3 is 11.8 Å². The van der Waals surface area contributed by atoms with Crippen LogP contribution in [0.4, 0.5) is 5.69 Å². The van der Waals surface area contributed by atoms with Crippen molar-refractivity contribution in [3.05, 3.63) is 29.8 Å². The molecule has 0 saturated carbocycles. The first kappa shape index (κ1) is 17.3. The zero-order chi connectivity index (χ0) is 17.0. The van der Waals surface area contributed by atoms with Crippen molar-refractivity contribution in [3.8, 4) is 0 Å². The molecule has 8 heteroatoms. The van der Waals surface area contributed by atoms with E-state index in [4.69, 9.17) is 5.73 Å². The third-order valence-electron chi connectivity index (χ3n) is 3.91. The summed E-state index contributed by atoms with van der Waals surface area (Å²) >= 11 is 0. The Bertz CT molecular complexity index is 702. The molecule has 1 aromatic carbocycles. The van der Waals surface area contributed by atoms with Crippen LogP contribution in [0.15, 0.2) is 24.3 Å². The van der Waals surface area contributed by atoms with Gasteiger partial charge in [0.2, 0.25) is 0 Å². The van der Waals surface area contributed by atoms with Crippen LogP contribution in [0.2, 0.25) is 0 Å². The average molecular weight is 339 g/mol. The number of carbonyl (C=O) groups excluding carboxylic acids is 2. The van der Waals surface area contributed by atoms with Gasteiger partial charge in [0.15, 0.2) is 9.84 Å². The Morgan fingerprint density at radius 3 is 2.65 bits per heavy atom. The minimum absolute atomic E-state index is 0.123. The Hall–Kier alpha value is -2.09. The van der Waals surface area contributed by atoms with E-state index in [0.717, 1.165) is 5.56 Å². The van der Waals surface area contributed by atoms with Crippen LogP contribution < -0.4 is 16.4 Å². The van der Waals surface area contributed by atoms with E-state index in [1.165, 1.54) is 0 Å². The van der Waals surface area contributed by atoms with Crippen LogP contribution in [0.1, 0.15) is 25.3 Å². The van der Waals surface area contributed by atoms with Gasteiger partial charge in [-0.2, -0.15) is 0 Å². The molecule has 0 aliphatic carbocycles. The highest BCUT2D eigenvalue weighted by atomic mass is 32.2. The van der Waals surface area contributed by atoms with Gasteiger partial charge in [-0.15, -0.1) is 0 Å². The molecule has 0 spiro atoms. The van der Waals surface area contributed by atoms with Gasteiger partial charge in [0.1, 0.15) is 0 Å². The van der Waals surface area contributed by atoms with E-state index in [0.29, 0.717) is 18.5 Å². The summed E-state index contributed by atoms with van der Waals surface area (Å²) < 4.78 is 23.6. The van der Waals surface area contributed by atoms with Crippen molar-refractivity contribution >= 4 is 27.3 Å². The normalized spacial score (nSPS) is 23.0. The highest BCUT2D eigenvalue weighted by Crippen LogP contribution is 2.19. The Balaban J connectivity index is 1.85. The molecule has 0 bridgehead atoms. The molecule has 126 valence electrons. The SMILES string of the molecule is CC1CCC(NC(=O)C(=O)NCc2cccc(N)c2)CS1(=O)=O. The lowest BCUT2D eigenvalue weighted by atomic mass is 10.1. The van der Waals surface area contributed by atoms with Gasteiger partial charge in [0.05, 0.1) is 11.0 Å². The minimum Gasteiger partial charge on any atom is -0.399 e. The van der Waals surface area contributed by atoms with E-state index >= 15 is 0 Å². The lowest BCUT2D eigenvalue weighted by Gasteiger charge is -2.26. The molecular weight excluding hydrogens is 318 g/mol. The summed E-state index contributed by atoms with van der Waals surface area (Å²) in [6.07, 6.45) is 1.03. The van der Waals surface area contributed by atoms with Crippen LogP contribution in [0.3, 0.4) is 0 Å². The second-order valence-electron chi connectivity index (χ2n) is 5.82. The van der Waals surface area contributed by atoms with Gasteiger partial charge in [-0.25, -0.2) is 8.42 Å². The molecule has 2 amide bonds. The molecule has 2 unspecified atom stereocenters. The van der Waals surface area contributed by atoms with E-state index in [1.54, 1.807) is 31.2 Å². The summed E-state index contributed by atoms with van der Waals surface area (Å²) in [6, 6.07) is 6.45. The third kappa shape index (κ3) is 4.69. The van der Waals surface area contributed by atoms with Crippen LogP contribution in [-0.4, -0.2) is 37.3 Å². The molecule has 0 aromatic heterocycles.